The molecular weight excluding hydrogens is 316 g/mol. The predicted octanol–water partition coefficient (Wildman–Crippen LogP) is 2.20. The summed E-state index contributed by atoms with van der Waals surface area (Å²) in [5.41, 5.74) is 1.13. The zero-order valence-electron chi connectivity index (χ0n) is 12.7. The van der Waals surface area contributed by atoms with Crippen molar-refractivity contribution in [3.63, 3.8) is 0 Å². The number of thioether (sulfide) groups is 1. The van der Waals surface area contributed by atoms with E-state index < -0.39 is 5.97 Å². The van der Waals surface area contributed by atoms with Crippen LogP contribution >= 0.6 is 11.8 Å². The number of rotatable bonds is 3. The fourth-order valence-electron chi connectivity index (χ4n) is 3.02. The number of fused-ring (bicyclic) bond motifs is 1. The predicted molar refractivity (Wildman–Crippen MR) is 86.7 cm³/mol. The summed E-state index contributed by atoms with van der Waals surface area (Å²) in [6.07, 6.45) is 1.51. The number of nitrogens with zero attached hydrogens (tertiary/aromatic N) is 1. The first-order chi connectivity index (χ1) is 11.0. The summed E-state index contributed by atoms with van der Waals surface area (Å²) in [5, 5.41) is 11.6. The fourth-order valence-corrected chi connectivity index (χ4v) is 3.95. The van der Waals surface area contributed by atoms with Crippen molar-refractivity contribution in [2.24, 2.45) is 0 Å². The van der Waals surface area contributed by atoms with Crippen LogP contribution in [-0.2, 0) is 9.59 Å². The van der Waals surface area contributed by atoms with Gasteiger partial charge < -0.3 is 15.3 Å². The highest BCUT2D eigenvalue weighted by molar-refractivity contribution is 8.00. The number of aliphatic carboxylic acids is 1. The van der Waals surface area contributed by atoms with Gasteiger partial charge in [0.1, 0.15) is 0 Å². The average molecular weight is 334 g/mol. The number of carboxylic acids is 1. The van der Waals surface area contributed by atoms with E-state index in [-0.39, 0.29) is 29.5 Å². The summed E-state index contributed by atoms with van der Waals surface area (Å²) in [4.78, 5) is 38.0. The van der Waals surface area contributed by atoms with Crippen molar-refractivity contribution in [2.45, 2.75) is 42.4 Å². The molecule has 0 aromatic heterocycles. The van der Waals surface area contributed by atoms with E-state index in [9.17, 15) is 14.4 Å². The van der Waals surface area contributed by atoms with E-state index in [0.717, 1.165) is 11.3 Å². The topological polar surface area (TPSA) is 86.7 Å². The lowest BCUT2D eigenvalue weighted by Gasteiger charge is -2.25. The molecule has 3 rings (SSSR count). The van der Waals surface area contributed by atoms with Crippen LogP contribution < -0.4 is 5.32 Å². The first kappa shape index (κ1) is 15.9. The van der Waals surface area contributed by atoms with E-state index in [2.05, 4.69) is 5.32 Å². The molecule has 1 saturated heterocycles. The standard InChI is InChI=1S/C16H18N2O4S/c1-9-15(21)17-12-7-10(4-5-13(12)23-9)16(22)18-6-2-3-11(18)8-14(19)20/h4-5,7,9,11H,2-3,6,8H2,1H3,(H,17,21)(H,19,20). The van der Waals surface area contributed by atoms with Crippen molar-refractivity contribution in [2.75, 3.05) is 11.9 Å². The Morgan fingerprint density at radius 2 is 2.22 bits per heavy atom. The normalized spacial score (nSPS) is 23.3. The number of hydrogen-bond donors (Lipinski definition) is 2. The van der Waals surface area contributed by atoms with Crippen LogP contribution in [0.4, 0.5) is 5.69 Å². The van der Waals surface area contributed by atoms with E-state index in [1.165, 1.54) is 11.8 Å². The molecule has 0 bridgehead atoms. The van der Waals surface area contributed by atoms with Crippen molar-refractivity contribution in [3.8, 4) is 0 Å². The zero-order chi connectivity index (χ0) is 16.6. The Bertz CT molecular complexity index is 676. The highest BCUT2D eigenvalue weighted by Crippen LogP contribution is 2.36. The number of carboxylic acid groups (broad SMARTS) is 1. The Morgan fingerprint density at radius 3 is 2.96 bits per heavy atom. The molecule has 0 spiro atoms. The Kier molecular flexibility index (Phi) is 4.30. The van der Waals surface area contributed by atoms with Crippen molar-refractivity contribution >= 4 is 35.2 Å². The average Bonchev–Trinajstić information content (AvgIpc) is 2.94. The molecule has 2 aliphatic rings. The number of likely N-dealkylation sites (tertiary alicyclic amines) is 1. The lowest BCUT2D eigenvalue weighted by molar-refractivity contribution is -0.138. The van der Waals surface area contributed by atoms with Crippen LogP contribution in [0.1, 0.15) is 36.5 Å². The third-order valence-corrected chi connectivity index (χ3v) is 5.38. The first-order valence-corrected chi connectivity index (χ1v) is 8.48. The zero-order valence-corrected chi connectivity index (χ0v) is 13.6. The van der Waals surface area contributed by atoms with Crippen LogP contribution in [0.25, 0.3) is 0 Å². The van der Waals surface area contributed by atoms with E-state index in [4.69, 9.17) is 5.11 Å². The van der Waals surface area contributed by atoms with Gasteiger partial charge in [-0.1, -0.05) is 0 Å². The summed E-state index contributed by atoms with van der Waals surface area (Å²) in [7, 11) is 0. The molecule has 2 N–H and O–H groups in total. The minimum absolute atomic E-state index is 0.0270. The Balaban J connectivity index is 1.82. The van der Waals surface area contributed by atoms with Gasteiger partial charge in [-0.15, -0.1) is 11.8 Å². The minimum atomic E-state index is -0.891. The summed E-state index contributed by atoms with van der Waals surface area (Å²) >= 11 is 1.47. The van der Waals surface area contributed by atoms with Gasteiger partial charge in [-0.05, 0) is 38.0 Å². The lowest BCUT2D eigenvalue weighted by Crippen LogP contribution is -2.37. The minimum Gasteiger partial charge on any atom is -0.481 e. The van der Waals surface area contributed by atoms with Gasteiger partial charge in [-0.3, -0.25) is 14.4 Å². The second-order valence-electron chi connectivity index (χ2n) is 5.85. The molecule has 0 radical (unpaired) electrons. The van der Waals surface area contributed by atoms with Crippen LogP contribution in [0.2, 0.25) is 0 Å². The molecule has 2 unspecified atom stereocenters. The summed E-state index contributed by atoms with van der Waals surface area (Å²) in [6, 6.07) is 5.02. The quantitative estimate of drug-likeness (QED) is 0.885. The summed E-state index contributed by atoms with van der Waals surface area (Å²) in [5.74, 6) is -1.13. The molecule has 2 heterocycles. The molecule has 0 saturated carbocycles. The number of hydrogen-bond acceptors (Lipinski definition) is 4. The number of nitrogens with one attached hydrogen (secondary N) is 1. The number of amides is 2. The van der Waals surface area contributed by atoms with Gasteiger partial charge >= 0.3 is 5.97 Å². The van der Waals surface area contributed by atoms with E-state index in [1.54, 1.807) is 17.0 Å². The van der Waals surface area contributed by atoms with Gasteiger partial charge in [0.15, 0.2) is 0 Å². The van der Waals surface area contributed by atoms with Crippen LogP contribution in [0.5, 0.6) is 0 Å². The van der Waals surface area contributed by atoms with Crippen LogP contribution in [-0.4, -0.2) is 45.6 Å². The molecule has 2 aliphatic heterocycles. The number of carbonyl (C=O) groups excluding carboxylic acids is 2. The van der Waals surface area contributed by atoms with Gasteiger partial charge in [-0.2, -0.15) is 0 Å². The maximum atomic E-state index is 12.7. The van der Waals surface area contributed by atoms with Crippen molar-refractivity contribution in [3.05, 3.63) is 23.8 Å². The van der Waals surface area contributed by atoms with Gasteiger partial charge in [0.25, 0.3) is 5.91 Å². The number of benzene rings is 1. The molecule has 7 heteroatoms. The molecular formula is C16H18N2O4S. The monoisotopic (exact) mass is 334 g/mol. The second-order valence-corrected chi connectivity index (χ2v) is 7.24. The van der Waals surface area contributed by atoms with Crippen LogP contribution in [0.15, 0.2) is 23.1 Å². The van der Waals surface area contributed by atoms with Crippen molar-refractivity contribution in [1.29, 1.82) is 0 Å². The third-order valence-electron chi connectivity index (χ3n) is 4.21. The summed E-state index contributed by atoms with van der Waals surface area (Å²) < 4.78 is 0. The van der Waals surface area contributed by atoms with E-state index in [0.29, 0.717) is 24.2 Å². The van der Waals surface area contributed by atoms with Crippen LogP contribution in [0, 0.1) is 0 Å². The number of carbonyl (C=O) groups is 3. The third kappa shape index (κ3) is 3.19. The fraction of sp³-hybridized carbons (Fsp3) is 0.438. The number of anilines is 1. The van der Waals surface area contributed by atoms with E-state index >= 15 is 0 Å². The molecule has 122 valence electrons. The molecule has 0 aliphatic carbocycles. The van der Waals surface area contributed by atoms with E-state index in [1.807, 2.05) is 13.0 Å². The van der Waals surface area contributed by atoms with Crippen LogP contribution in [0.3, 0.4) is 0 Å². The van der Waals surface area contributed by atoms with Gasteiger partial charge in [0, 0.05) is 23.0 Å². The van der Waals surface area contributed by atoms with Gasteiger partial charge in [0.05, 0.1) is 17.4 Å². The highest BCUT2D eigenvalue weighted by atomic mass is 32.2. The smallest absolute Gasteiger partial charge is 0.305 e. The maximum Gasteiger partial charge on any atom is 0.305 e. The first-order valence-electron chi connectivity index (χ1n) is 7.60. The van der Waals surface area contributed by atoms with Crippen molar-refractivity contribution < 1.29 is 19.5 Å². The Hall–Kier alpha value is -2.02. The largest absolute Gasteiger partial charge is 0.481 e. The lowest BCUT2D eigenvalue weighted by atomic mass is 10.1. The summed E-state index contributed by atoms with van der Waals surface area (Å²) in [6.45, 7) is 2.41. The molecule has 23 heavy (non-hydrogen) atoms. The van der Waals surface area contributed by atoms with Gasteiger partial charge in [0.2, 0.25) is 5.91 Å². The SMILES string of the molecule is CC1Sc2ccc(C(=O)N3CCCC3CC(=O)O)cc2NC1=O. The Labute approximate surface area is 138 Å². The molecule has 1 aromatic rings. The molecule has 1 aromatic carbocycles. The van der Waals surface area contributed by atoms with Crippen molar-refractivity contribution in [1.82, 2.24) is 4.90 Å². The second kappa shape index (κ2) is 6.23. The molecule has 2 atom stereocenters. The molecule has 2 amide bonds. The maximum absolute atomic E-state index is 12.7. The highest BCUT2D eigenvalue weighted by Gasteiger charge is 2.32. The molecule has 6 nitrogen and oxygen atoms in total. The Morgan fingerprint density at radius 1 is 1.43 bits per heavy atom. The molecule has 1 fully saturated rings. The van der Waals surface area contributed by atoms with Gasteiger partial charge in [-0.25, -0.2) is 0 Å².